The molecule has 1 amide bonds. The van der Waals surface area contributed by atoms with Crippen molar-refractivity contribution in [3.05, 3.63) is 77.9 Å². The van der Waals surface area contributed by atoms with Crippen LogP contribution in [0.25, 0.3) is 0 Å². The maximum atomic E-state index is 13.4. The Hall–Kier alpha value is -2.77. The molecule has 0 saturated carbocycles. The third-order valence-electron chi connectivity index (χ3n) is 5.25. The van der Waals surface area contributed by atoms with E-state index in [0.29, 0.717) is 18.8 Å². The number of benzene rings is 1. The van der Waals surface area contributed by atoms with Gasteiger partial charge in [-0.2, -0.15) is 0 Å². The number of carbonyl (C=O) groups excluding carboxylic acids is 1. The molecule has 2 aromatic heterocycles. The Labute approximate surface area is 182 Å². The van der Waals surface area contributed by atoms with Crippen LogP contribution in [0.15, 0.2) is 60.9 Å². The van der Waals surface area contributed by atoms with Crippen LogP contribution in [-0.4, -0.2) is 49.9 Å². The smallest absolute Gasteiger partial charge is 0.276 e. The van der Waals surface area contributed by atoms with Gasteiger partial charge in [-0.05, 0) is 50.0 Å². The van der Waals surface area contributed by atoms with Crippen LogP contribution in [0.4, 0.5) is 0 Å². The fourth-order valence-corrected chi connectivity index (χ4v) is 3.74. The summed E-state index contributed by atoms with van der Waals surface area (Å²) in [5, 5.41) is 11.8. The summed E-state index contributed by atoms with van der Waals surface area (Å²) in [6.45, 7) is 2.98. The van der Waals surface area contributed by atoms with Crippen molar-refractivity contribution in [1.29, 1.82) is 0 Å². The second-order valence-corrected chi connectivity index (χ2v) is 7.38. The van der Waals surface area contributed by atoms with Crippen LogP contribution in [0.3, 0.4) is 0 Å². The van der Waals surface area contributed by atoms with Crippen LogP contribution < -0.4 is 5.32 Å². The van der Waals surface area contributed by atoms with Crippen molar-refractivity contribution in [2.75, 3.05) is 13.1 Å². The molecule has 1 N–H and O–H groups in total. The molecule has 1 aliphatic heterocycles. The average molecular weight is 427 g/mol. The van der Waals surface area contributed by atoms with E-state index in [1.54, 1.807) is 17.1 Å². The topological polar surface area (TPSA) is 75.9 Å². The molecule has 0 bridgehead atoms. The van der Waals surface area contributed by atoms with E-state index in [2.05, 4.69) is 20.6 Å². The Balaban J connectivity index is 0.00000256. The minimum absolute atomic E-state index is 0. The highest BCUT2D eigenvalue weighted by Crippen LogP contribution is 2.19. The summed E-state index contributed by atoms with van der Waals surface area (Å²) in [5.74, 6) is -0.0816. The summed E-state index contributed by atoms with van der Waals surface area (Å²) in [5.41, 5.74) is 2.39. The van der Waals surface area contributed by atoms with E-state index in [9.17, 15) is 4.79 Å². The SMILES string of the molecule is Cl.O=C(c1cn(Cc2ccccc2)nn1)N(Cc1ccccn1)C1CCCNCC1. The van der Waals surface area contributed by atoms with Crippen LogP contribution in [0.1, 0.15) is 41.0 Å². The van der Waals surface area contributed by atoms with E-state index in [4.69, 9.17) is 0 Å². The number of pyridine rings is 1. The molecule has 1 aromatic carbocycles. The molecule has 158 valence electrons. The lowest BCUT2D eigenvalue weighted by atomic mass is 10.1. The maximum absolute atomic E-state index is 13.4. The van der Waals surface area contributed by atoms with Gasteiger partial charge in [-0.3, -0.25) is 9.78 Å². The van der Waals surface area contributed by atoms with Gasteiger partial charge in [-0.15, -0.1) is 17.5 Å². The summed E-state index contributed by atoms with van der Waals surface area (Å²) in [6.07, 6.45) is 6.47. The van der Waals surface area contributed by atoms with Crippen molar-refractivity contribution in [3.63, 3.8) is 0 Å². The van der Waals surface area contributed by atoms with E-state index >= 15 is 0 Å². The largest absolute Gasteiger partial charge is 0.328 e. The van der Waals surface area contributed by atoms with Gasteiger partial charge >= 0.3 is 0 Å². The molecule has 1 fully saturated rings. The molecule has 4 rings (SSSR count). The molecule has 8 heteroatoms. The Morgan fingerprint density at radius 2 is 1.93 bits per heavy atom. The van der Waals surface area contributed by atoms with Gasteiger partial charge in [0.2, 0.25) is 0 Å². The number of nitrogens with zero attached hydrogens (tertiary/aromatic N) is 5. The highest BCUT2D eigenvalue weighted by Gasteiger charge is 2.28. The molecule has 0 radical (unpaired) electrons. The molecule has 1 atom stereocenters. The number of amides is 1. The number of nitrogens with one attached hydrogen (secondary N) is 1. The lowest BCUT2D eigenvalue weighted by molar-refractivity contribution is 0.0636. The fourth-order valence-electron chi connectivity index (χ4n) is 3.74. The maximum Gasteiger partial charge on any atom is 0.276 e. The van der Waals surface area contributed by atoms with E-state index < -0.39 is 0 Å². The molecular formula is C22H27ClN6O. The van der Waals surface area contributed by atoms with Gasteiger partial charge in [0.05, 0.1) is 25.0 Å². The lowest BCUT2D eigenvalue weighted by Crippen LogP contribution is -2.40. The first-order valence-electron chi connectivity index (χ1n) is 10.2. The van der Waals surface area contributed by atoms with Gasteiger partial charge in [0.1, 0.15) is 0 Å². The molecule has 0 spiro atoms. The molecule has 7 nitrogen and oxygen atoms in total. The van der Waals surface area contributed by atoms with Gasteiger partial charge in [0.15, 0.2) is 5.69 Å². The van der Waals surface area contributed by atoms with E-state index in [1.165, 1.54) is 0 Å². The van der Waals surface area contributed by atoms with Crippen molar-refractivity contribution in [1.82, 2.24) is 30.2 Å². The van der Waals surface area contributed by atoms with E-state index in [-0.39, 0.29) is 24.4 Å². The van der Waals surface area contributed by atoms with Crippen molar-refractivity contribution in [2.45, 2.75) is 38.4 Å². The Morgan fingerprint density at radius 3 is 2.73 bits per heavy atom. The molecule has 3 aromatic rings. The Bertz CT molecular complexity index is 910. The predicted octanol–water partition coefficient (Wildman–Crippen LogP) is 2.93. The number of aromatic nitrogens is 4. The zero-order valence-corrected chi connectivity index (χ0v) is 17.7. The van der Waals surface area contributed by atoms with Crippen LogP contribution >= 0.6 is 12.4 Å². The summed E-state index contributed by atoms with van der Waals surface area (Å²) < 4.78 is 1.72. The third kappa shape index (κ3) is 5.64. The second-order valence-electron chi connectivity index (χ2n) is 7.38. The van der Waals surface area contributed by atoms with Gasteiger partial charge < -0.3 is 10.2 Å². The highest BCUT2D eigenvalue weighted by atomic mass is 35.5. The monoisotopic (exact) mass is 426 g/mol. The number of carbonyl (C=O) groups is 1. The number of rotatable bonds is 6. The van der Waals surface area contributed by atoms with Gasteiger partial charge in [0, 0.05) is 12.2 Å². The molecule has 0 aliphatic carbocycles. The second kappa shape index (κ2) is 10.8. The molecule has 3 heterocycles. The van der Waals surface area contributed by atoms with E-state index in [1.807, 2.05) is 53.4 Å². The number of hydrogen-bond donors (Lipinski definition) is 1. The lowest BCUT2D eigenvalue weighted by Gasteiger charge is -2.30. The van der Waals surface area contributed by atoms with Gasteiger partial charge in [-0.1, -0.05) is 41.6 Å². The van der Waals surface area contributed by atoms with Crippen LogP contribution in [-0.2, 0) is 13.1 Å². The Morgan fingerprint density at radius 1 is 1.10 bits per heavy atom. The normalized spacial score (nSPS) is 16.3. The van der Waals surface area contributed by atoms with Crippen molar-refractivity contribution >= 4 is 18.3 Å². The average Bonchev–Trinajstić information content (AvgIpc) is 3.05. The molecule has 1 aliphatic rings. The fraction of sp³-hybridized carbons (Fsp3) is 0.364. The summed E-state index contributed by atoms with van der Waals surface area (Å²) >= 11 is 0. The van der Waals surface area contributed by atoms with Crippen molar-refractivity contribution in [3.8, 4) is 0 Å². The minimum atomic E-state index is -0.0816. The highest BCUT2D eigenvalue weighted by molar-refractivity contribution is 5.92. The zero-order valence-electron chi connectivity index (χ0n) is 16.9. The summed E-state index contributed by atoms with van der Waals surface area (Å²) in [7, 11) is 0. The zero-order chi connectivity index (χ0) is 19.9. The third-order valence-corrected chi connectivity index (χ3v) is 5.25. The van der Waals surface area contributed by atoms with Crippen molar-refractivity contribution in [2.24, 2.45) is 0 Å². The van der Waals surface area contributed by atoms with Crippen LogP contribution in [0.5, 0.6) is 0 Å². The molecule has 1 saturated heterocycles. The van der Waals surface area contributed by atoms with Crippen molar-refractivity contribution < 1.29 is 4.79 Å². The first-order chi connectivity index (χ1) is 14.3. The van der Waals surface area contributed by atoms with E-state index in [0.717, 1.165) is 43.6 Å². The quantitative estimate of drug-likeness (QED) is 0.655. The molecular weight excluding hydrogens is 400 g/mol. The number of halogens is 1. The van der Waals surface area contributed by atoms with Gasteiger partial charge in [-0.25, -0.2) is 4.68 Å². The molecule has 30 heavy (non-hydrogen) atoms. The standard InChI is InChI=1S/C22H26N6O.ClH/c29-22(21-17-27(26-25-21)15-18-7-2-1-3-8-18)28(16-19-9-4-5-13-24-19)20-10-6-12-23-14-11-20;/h1-5,7-9,13,17,20,23H,6,10-12,14-16H2;1H. The predicted molar refractivity (Wildman–Crippen MR) is 117 cm³/mol. The summed E-state index contributed by atoms with van der Waals surface area (Å²) in [4.78, 5) is 19.7. The van der Waals surface area contributed by atoms with Crippen LogP contribution in [0.2, 0.25) is 0 Å². The molecule has 1 unspecified atom stereocenters. The number of hydrogen-bond acceptors (Lipinski definition) is 5. The summed E-state index contributed by atoms with van der Waals surface area (Å²) in [6, 6.07) is 16.0. The Kier molecular flexibility index (Phi) is 7.93. The first kappa shape index (κ1) is 21.9. The minimum Gasteiger partial charge on any atom is -0.328 e. The van der Waals surface area contributed by atoms with Gasteiger partial charge in [0.25, 0.3) is 5.91 Å². The first-order valence-corrected chi connectivity index (χ1v) is 10.2. The van der Waals surface area contributed by atoms with Crippen LogP contribution in [0, 0.1) is 0 Å².